The summed E-state index contributed by atoms with van der Waals surface area (Å²) in [6, 6.07) is 8.93. The quantitative estimate of drug-likeness (QED) is 0.278. The van der Waals surface area contributed by atoms with E-state index in [1.807, 2.05) is 57.2 Å². The van der Waals surface area contributed by atoms with E-state index in [1.165, 1.54) is 0 Å². The van der Waals surface area contributed by atoms with Crippen LogP contribution in [-0.2, 0) is 30.3 Å². The highest BCUT2D eigenvalue weighted by molar-refractivity contribution is 5.88. The highest BCUT2D eigenvalue weighted by Crippen LogP contribution is 2.22. The van der Waals surface area contributed by atoms with Gasteiger partial charge in [-0.2, -0.15) is 0 Å². The van der Waals surface area contributed by atoms with E-state index in [2.05, 4.69) is 11.2 Å². The van der Waals surface area contributed by atoms with Gasteiger partial charge in [0.05, 0.1) is 18.9 Å². The number of hydrogen-bond acceptors (Lipinski definition) is 6. The van der Waals surface area contributed by atoms with Gasteiger partial charge < -0.3 is 24.6 Å². The van der Waals surface area contributed by atoms with Crippen LogP contribution in [0, 0.1) is 24.2 Å². The van der Waals surface area contributed by atoms with Crippen molar-refractivity contribution in [2.45, 2.75) is 70.9 Å². The van der Waals surface area contributed by atoms with Crippen molar-refractivity contribution >= 4 is 23.9 Å². The fourth-order valence-electron chi connectivity index (χ4n) is 4.91. The van der Waals surface area contributed by atoms with Gasteiger partial charge >= 0.3 is 12.1 Å². The Labute approximate surface area is 243 Å². The number of nitrogens with one attached hydrogen (secondary N) is 1. The van der Waals surface area contributed by atoms with Crippen molar-refractivity contribution in [3.8, 4) is 12.3 Å². The zero-order valence-corrected chi connectivity index (χ0v) is 24.5. The molecule has 1 aromatic rings. The molecule has 2 aliphatic heterocycles. The number of rotatable bonds is 9. The van der Waals surface area contributed by atoms with E-state index in [9.17, 15) is 19.2 Å². The molecule has 3 rings (SSSR count). The lowest BCUT2D eigenvalue weighted by Crippen LogP contribution is -2.47. The summed E-state index contributed by atoms with van der Waals surface area (Å²) in [7, 11) is 0. The number of carbonyl (C=O) groups is 4. The van der Waals surface area contributed by atoms with Gasteiger partial charge in [0.2, 0.25) is 11.8 Å². The number of amides is 3. The van der Waals surface area contributed by atoms with Crippen molar-refractivity contribution in [2.75, 3.05) is 32.8 Å². The van der Waals surface area contributed by atoms with Gasteiger partial charge in [0.1, 0.15) is 11.6 Å². The van der Waals surface area contributed by atoms with E-state index in [0.717, 1.165) is 18.4 Å². The van der Waals surface area contributed by atoms with Crippen LogP contribution in [-0.4, -0.2) is 78.1 Å². The summed E-state index contributed by atoms with van der Waals surface area (Å²) in [5.74, 6) is 1.40. The third-order valence-corrected chi connectivity index (χ3v) is 7.19. The van der Waals surface area contributed by atoms with Crippen LogP contribution in [0.3, 0.4) is 0 Å². The summed E-state index contributed by atoms with van der Waals surface area (Å²) in [5, 5.41) is 2.77. The highest BCUT2D eigenvalue weighted by atomic mass is 16.6. The molecule has 1 N–H and O–H groups in total. The zero-order chi connectivity index (χ0) is 29.8. The van der Waals surface area contributed by atoms with E-state index < -0.39 is 23.5 Å². The van der Waals surface area contributed by atoms with E-state index >= 15 is 0 Å². The number of esters is 1. The van der Waals surface area contributed by atoms with Crippen LogP contribution in [0.5, 0.6) is 0 Å². The monoisotopic (exact) mass is 565 g/mol. The maximum Gasteiger partial charge on any atom is 0.410 e. The molecule has 0 saturated carbocycles. The van der Waals surface area contributed by atoms with Crippen LogP contribution in [0.1, 0.15) is 58.4 Å². The van der Waals surface area contributed by atoms with Crippen molar-refractivity contribution in [2.24, 2.45) is 11.8 Å². The average molecular weight is 566 g/mol. The molecule has 2 aliphatic rings. The van der Waals surface area contributed by atoms with E-state index in [4.69, 9.17) is 15.9 Å². The third-order valence-electron chi connectivity index (χ3n) is 7.19. The van der Waals surface area contributed by atoms with Gasteiger partial charge in [-0.1, -0.05) is 42.3 Å². The molecule has 41 heavy (non-hydrogen) atoms. The molecular formula is C32H43N3O6. The Morgan fingerprint density at radius 2 is 1.78 bits per heavy atom. The van der Waals surface area contributed by atoms with Crippen molar-refractivity contribution < 1.29 is 28.7 Å². The molecule has 1 unspecified atom stereocenters. The molecule has 1 aromatic carbocycles. The largest absolute Gasteiger partial charge is 0.465 e. The summed E-state index contributed by atoms with van der Waals surface area (Å²) < 4.78 is 10.7. The maximum absolute atomic E-state index is 12.9. The lowest BCUT2D eigenvalue weighted by molar-refractivity contribution is -0.143. The topological polar surface area (TPSA) is 105 Å². The summed E-state index contributed by atoms with van der Waals surface area (Å²) in [5.41, 5.74) is 0.539. The first-order valence-electron chi connectivity index (χ1n) is 14.4. The molecule has 0 radical (unpaired) electrons. The number of hydrogen-bond donors (Lipinski definition) is 1. The first-order chi connectivity index (χ1) is 19.5. The minimum Gasteiger partial charge on any atom is -0.465 e. The molecule has 2 fully saturated rings. The average Bonchev–Trinajstić information content (AvgIpc) is 2.95. The normalized spacial score (nSPS) is 18.8. The number of nitrogens with zero attached hydrogens (tertiary/aromatic N) is 2. The summed E-state index contributed by atoms with van der Waals surface area (Å²) in [6.45, 7) is 7.82. The molecule has 0 aromatic heterocycles. The van der Waals surface area contributed by atoms with E-state index in [1.54, 1.807) is 15.9 Å². The smallest absolute Gasteiger partial charge is 0.410 e. The number of likely N-dealkylation sites (tertiary alicyclic amines) is 2. The second-order valence-electron chi connectivity index (χ2n) is 11.7. The van der Waals surface area contributed by atoms with Gasteiger partial charge in [-0.25, -0.2) is 4.79 Å². The Morgan fingerprint density at radius 1 is 1.07 bits per heavy atom. The van der Waals surface area contributed by atoms with Gasteiger partial charge in [0.15, 0.2) is 0 Å². The van der Waals surface area contributed by atoms with Gasteiger partial charge in [-0.15, -0.1) is 6.42 Å². The molecule has 3 amide bonds. The summed E-state index contributed by atoms with van der Waals surface area (Å²) in [6.07, 6.45) is 12.1. The first-order valence-corrected chi connectivity index (χ1v) is 14.4. The molecule has 2 atom stereocenters. The standard InChI is InChI=1S/C32H43N3O6/c1-5-27(22-29(37)40-21-17-24-10-7-6-8-11-24)33-30(38)26-12-9-18-35(23-26)28(36)14-13-25-15-19-34(20-16-25)31(39)41-32(2,3)4/h1,6-8,10-11,13-14,25-27H,9,12,15-23H2,2-4H3,(H,33,38)/b14-13+/t26-,27?/m1/s1. The molecular weight excluding hydrogens is 522 g/mol. The maximum atomic E-state index is 12.9. The number of piperidine rings is 2. The van der Waals surface area contributed by atoms with Crippen LogP contribution in [0.15, 0.2) is 42.5 Å². The van der Waals surface area contributed by atoms with Crippen LogP contribution < -0.4 is 5.32 Å². The van der Waals surface area contributed by atoms with Crippen molar-refractivity contribution in [1.29, 1.82) is 0 Å². The van der Waals surface area contributed by atoms with E-state index in [0.29, 0.717) is 45.4 Å². The Hall–Kier alpha value is -3.80. The first kappa shape index (κ1) is 31.7. The molecule has 0 bridgehead atoms. The molecule has 9 heteroatoms. The van der Waals surface area contributed by atoms with Crippen molar-refractivity contribution in [3.63, 3.8) is 0 Å². The highest BCUT2D eigenvalue weighted by Gasteiger charge is 2.30. The Kier molecular flexibility index (Phi) is 11.8. The minimum atomic E-state index is -0.774. The number of benzene rings is 1. The Bertz CT molecular complexity index is 1110. The van der Waals surface area contributed by atoms with Gasteiger partial charge in [-0.05, 0) is 64.0 Å². The summed E-state index contributed by atoms with van der Waals surface area (Å²) in [4.78, 5) is 53.7. The number of terminal acetylenes is 1. The molecule has 0 aliphatic carbocycles. The van der Waals surface area contributed by atoms with Gasteiger partial charge in [0, 0.05) is 32.6 Å². The minimum absolute atomic E-state index is 0.109. The lowest BCUT2D eigenvalue weighted by atomic mass is 9.95. The fraction of sp³-hybridized carbons (Fsp3) is 0.562. The fourth-order valence-corrected chi connectivity index (χ4v) is 4.91. The predicted octanol–water partition coefficient (Wildman–Crippen LogP) is 3.72. The van der Waals surface area contributed by atoms with Crippen LogP contribution >= 0.6 is 0 Å². The van der Waals surface area contributed by atoms with Crippen molar-refractivity contribution in [1.82, 2.24) is 15.1 Å². The number of carbonyl (C=O) groups excluding carboxylic acids is 4. The van der Waals surface area contributed by atoms with Crippen molar-refractivity contribution in [3.05, 3.63) is 48.0 Å². The summed E-state index contributed by atoms with van der Waals surface area (Å²) >= 11 is 0. The van der Waals surface area contributed by atoms with E-state index in [-0.39, 0.29) is 36.9 Å². The number of allylic oxidation sites excluding steroid dienone is 1. The van der Waals surface area contributed by atoms with Crippen LogP contribution in [0.2, 0.25) is 0 Å². The number of ether oxygens (including phenoxy) is 2. The third kappa shape index (κ3) is 10.9. The zero-order valence-electron chi connectivity index (χ0n) is 24.5. The molecule has 2 heterocycles. The van der Waals surface area contributed by atoms with Crippen LogP contribution in [0.4, 0.5) is 4.79 Å². The molecule has 2 saturated heterocycles. The predicted molar refractivity (Wildman–Crippen MR) is 155 cm³/mol. The Morgan fingerprint density at radius 3 is 2.44 bits per heavy atom. The Balaban J connectivity index is 1.40. The molecule has 0 spiro atoms. The van der Waals surface area contributed by atoms with Gasteiger partial charge in [0.25, 0.3) is 0 Å². The second-order valence-corrected chi connectivity index (χ2v) is 11.7. The lowest BCUT2D eigenvalue weighted by Gasteiger charge is -2.33. The van der Waals surface area contributed by atoms with Gasteiger partial charge in [-0.3, -0.25) is 14.4 Å². The SMILES string of the molecule is C#CC(CC(=O)OCCc1ccccc1)NC(=O)[C@@H]1CCCN(C(=O)/C=C/C2CCN(C(=O)OC(C)(C)C)CC2)C1. The van der Waals surface area contributed by atoms with Crippen LogP contribution in [0.25, 0.3) is 0 Å². The second kappa shape index (κ2) is 15.3. The molecule has 9 nitrogen and oxygen atoms in total. The molecule has 222 valence electrons.